The molecule has 38 heavy (non-hydrogen) atoms. The highest BCUT2D eigenvalue weighted by atomic mass is 35.5. The molecule has 196 valence electrons. The second-order valence-corrected chi connectivity index (χ2v) is 9.77. The Morgan fingerprint density at radius 1 is 0.868 bits per heavy atom. The van der Waals surface area contributed by atoms with Crippen molar-refractivity contribution in [3.8, 4) is 5.75 Å². The summed E-state index contributed by atoms with van der Waals surface area (Å²) >= 11 is 12.4. The van der Waals surface area contributed by atoms with Crippen molar-refractivity contribution in [2.75, 3.05) is 19.0 Å². The zero-order valence-electron chi connectivity index (χ0n) is 21.3. The number of nitrogens with one attached hydrogen (secondary N) is 1. The van der Waals surface area contributed by atoms with Gasteiger partial charge in [-0.05, 0) is 83.8 Å². The summed E-state index contributed by atoms with van der Waals surface area (Å²) in [5.41, 5.74) is 3.19. The third-order valence-electron chi connectivity index (χ3n) is 6.32. The molecule has 7 heteroatoms. The van der Waals surface area contributed by atoms with Gasteiger partial charge in [0, 0.05) is 18.5 Å². The lowest BCUT2D eigenvalue weighted by molar-refractivity contribution is -0.119. The van der Waals surface area contributed by atoms with Gasteiger partial charge >= 0.3 is 5.97 Å². The first kappa shape index (κ1) is 27.5. The monoisotopic (exact) mass is 549 g/mol. The predicted molar refractivity (Wildman–Crippen MR) is 154 cm³/mol. The number of methoxy groups -OCH3 is 1. The number of fused-ring (bicyclic) bond motifs is 1. The van der Waals surface area contributed by atoms with E-state index in [1.165, 1.54) is 0 Å². The van der Waals surface area contributed by atoms with Crippen molar-refractivity contribution in [1.82, 2.24) is 0 Å². The van der Waals surface area contributed by atoms with Crippen molar-refractivity contribution in [1.29, 1.82) is 0 Å². The Morgan fingerprint density at radius 2 is 1.61 bits per heavy atom. The van der Waals surface area contributed by atoms with E-state index in [2.05, 4.69) is 23.5 Å². The normalized spacial score (nSPS) is 11.7. The van der Waals surface area contributed by atoms with Gasteiger partial charge in [-0.1, -0.05) is 53.5 Å². The molecule has 5 nitrogen and oxygen atoms in total. The molecule has 0 spiro atoms. The molecular weight excluding hydrogens is 521 g/mol. The van der Waals surface area contributed by atoms with Gasteiger partial charge in [0.15, 0.2) is 0 Å². The number of carbonyl (C=O) groups excluding carboxylic acids is 2. The largest absolute Gasteiger partial charge is 0.497 e. The number of benzene rings is 4. The molecule has 0 radical (unpaired) electrons. The number of aryl methyl sites for hydroxylation is 1. The fourth-order valence-electron chi connectivity index (χ4n) is 4.27. The van der Waals surface area contributed by atoms with Gasteiger partial charge in [-0.3, -0.25) is 4.79 Å². The molecule has 4 aromatic carbocycles. The van der Waals surface area contributed by atoms with E-state index in [-0.39, 0.29) is 24.2 Å². The standard InChI is InChI=1S/C31H29Cl2NO4/c1-3-38-31(36)21-7-11-25(12-8-21)34-30(24-10-15-28(32)29(33)18-24)19-26(35)13-5-20-4-6-23-17-27(37-2)14-9-22(23)16-20/h4,6-12,14-18,30,34H,3,5,13,19H2,1-2H3. The fourth-order valence-corrected chi connectivity index (χ4v) is 4.58. The van der Waals surface area contributed by atoms with Crippen molar-refractivity contribution < 1.29 is 19.1 Å². The summed E-state index contributed by atoms with van der Waals surface area (Å²) in [4.78, 5) is 25.1. The Hall–Kier alpha value is -3.54. The van der Waals surface area contributed by atoms with Crippen LogP contribution in [0.15, 0.2) is 78.9 Å². The molecule has 0 aliphatic rings. The van der Waals surface area contributed by atoms with Crippen LogP contribution in [0.2, 0.25) is 10.0 Å². The number of rotatable bonds is 11. The van der Waals surface area contributed by atoms with Crippen LogP contribution < -0.4 is 10.1 Å². The van der Waals surface area contributed by atoms with Crippen molar-refractivity contribution in [2.45, 2.75) is 32.2 Å². The molecule has 0 heterocycles. The summed E-state index contributed by atoms with van der Waals surface area (Å²) in [5.74, 6) is 0.562. The zero-order chi connectivity index (χ0) is 27.1. The average Bonchev–Trinajstić information content (AvgIpc) is 2.93. The molecular formula is C31H29Cl2NO4. The molecule has 0 fully saturated rings. The topological polar surface area (TPSA) is 64.6 Å². The molecule has 4 aromatic rings. The lowest BCUT2D eigenvalue weighted by Crippen LogP contribution is -2.16. The summed E-state index contributed by atoms with van der Waals surface area (Å²) in [6.07, 6.45) is 1.31. The smallest absolute Gasteiger partial charge is 0.338 e. The summed E-state index contributed by atoms with van der Waals surface area (Å²) in [6, 6.07) is 24.2. The maximum atomic E-state index is 13.1. The number of hydrogen-bond acceptors (Lipinski definition) is 5. The second-order valence-electron chi connectivity index (χ2n) is 8.96. The van der Waals surface area contributed by atoms with Crippen molar-refractivity contribution >= 4 is 51.4 Å². The number of carbonyl (C=O) groups is 2. The van der Waals surface area contributed by atoms with E-state index in [0.29, 0.717) is 35.1 Å². The van der Waals surface area contributed by atoms with Gasteiger partial charge in [-0.2, -0.15) is 0 Å². The Kier molecular flexibility index (Phi) is 9.27. The third kappa shape index (κ3) is 7.06. The van der Waals surface area contributed by atoms with Crippen LogP contribution >= 0.6 is 23.2 Å². The van der Waals surface area contributed by atoms with E-state index >= 15 is 0 Å². The summed E-state index contributed by atoms with van der Waals surface area (Å²) in [5, 5.41) is 6.50. The zero-order valence-corrected chi connectivity index (χ0v) is 22.8. The van der Waals surface area contributed by atoms with E-state index in [9.17, 15) is 9.59 Å². The highest BCUT2D eigenvalue weighted by Gasteiger charge is 2.18. The summed E-state index contributed by atoms with van der Waals surface area (Å²) in [7, 11) is 1.65. The highest BCUT2D eigenvalue weighted by molar-refractivity contribution is 6.42. The Labute approximate surface area is 232 Å². The number of ether oxygens (including phenoxy) is 2. The lowest BCUT2D eigenvalue weighted by Gasteiger charge is -2.21. The van der Waals surface area contributed by atoms with E-state index in [1.807, 2.05) is 24.3 Å². The Balaban J connectivity index is 1.46. The number of Topliss-reactive ketones (excluding diaryl/α,β-unsaturated/α-hetero) is 1. The van der Waals surface area contributed by atoms with Gasteiger partial charge in [-0.25, -0.2) is 4.79 Å². The number of halogens is 2. The van der Waals surface area contributed by atoms with Crippen LogP contribution in [-0.2, 0) is 16.0 Å². The second kappa shape index (κ2) is 12.8. The molecule has 1 unspecified atom stereocenters. The third-order valence-corrected chi connectivity index (χ3v) is 7.06. The van der Waals surface area contributed by atoms with Crippen LogP contribution in [0.5, 0.6) is 5.75 Å². The molecule has 4 rings (SSSR count). The number of ketones is 1. The van der Waals surface area contributed by atoms with E-state index in [4.69, 9.17) is 32.7 Å². The quantitative estimate of drug-likeness (QED) is 0.191. The van der Waals surface area contributed by atoms with Gasteiger partial charge in [0.05, 0.1) is 35.4 Å². The maximum Gasteiger partial charge on any atom is 0.338 e. The minimum Gasteiger partial charge on any atom is -0.497 e. The summed E-state index contributed by atoms with van der Waals surface area (Å²) in [6.45, 7) is 2.08. The lowest BCUT2D eigenvalue weighted by atomic mass is 9.97. The SMILES string of the molecule is CCOC(=O)c1ccc(NC(CC(=O)CCc2ccc3cc(OC)ccc3c2)c2ccc(Cl)c(Cl)c2)cc1. The average molecular weight is 550 g/mol. The molecule has 0 aromatic heterocycles. The van der Waals surface area contributed by atoms with Crippen LogP contribution in [-0.4, -0.2) is 25.5 Å². The van der Waals surface area contributed by atoms with Gasteiger partial charge in [0.25, 0.3) is 0 Å². The van der Waals surface area contributed by atoms with Gasteiger partial charge in [-0.15, -0.1) is 0 Å². The van der Waals surface area contributed by atoms with Crippen molar-refractivity contribution in [3.63, 3.8) is 0 Å². The van der Waals surface area contributed by atoms with E-state index in [0.717, 1.165) is 33.3 Å². The van der Waals surface area contributed by atoms with Crippen molar-refractivity contribution in [3.05, 3.63) is 106 Å². The molecule has 1 atom stereocenters. The van der Waals surface area contributed by atoms with E-state index < -0.39 is 0 Å². The number of esters is 1. The minimum absolute atomic E-state index is 0.117. The first-order valence-electron chi connectivity index (χ1n) is 12.4. The molecule has 0 aliphatic carbocycles. The molecule has 0 amide bonds. The van der Waals surface area contributed by atoms with Crippen LogP contribution in [0.3, 0.4) is 0 Å². The highest BCUT2D eigenvalue weighted by Crippen LogP contribution is 2.30. The van der Waals surface area contributed by atoms with Gasteiger partial charge in [0.1, 0.15) is 11.5 Å². The minimum atomic E-state index is -0.372. The molecule has 0 aliphatic heterocycles. The van der Waals surface area contributed by atoms with Gasteiger partial charge in [0.2, 0.25) is 0 Å². The van der Waals surface area contributed by atoms with Crippen molar-refractivity contribution in [2.24, 2.45) is 0 Å². The predicted octanol–water partition coefficient (Wildman–Crippen LogP) is 8.08. The molecule has 0 saturated carbocycles. The van der Waals surface area contributed by atoms with E-state index in [1.54, 1.807) is 50.4 Å². The van der Waals surface area contributed by atoms with Crippen LogP contribution in [0.25, 0.3) is 10.8 Å². The Morgan fingerprint density at radius 3 is 2.32 bits per heavy atom. The maximum absolute atomic E-state index is 13.1. The molecule has 0 saturated heterocycles. The number of anilines is 1. The molecule has 1 N–H and O–H groups in total. The first-order chi connectivity index (χ1) is 18.4. The van der Waals surface area contributed by atoms with Crippen LogP contribution in [0.4, 0.5) is 5.69 Å². The van der Waals surface area contributed by atoms with Crippen LogP contribution in [0, 0.1) is 0 Å². The number of hydrogen-bond donors (Lipinski definition) is 1. The van der Waals surface area contributed by atoms with Crippen LogP contribution in [0.1, 0.15) is 47.3 Å². The first-order valence-corrected chi connectivity index (χ1v) is 13.2. The molecule has 0 bridgehead atoms. The van der Waals surface area contributed by atoms with Gasteiger partial charge < -0.3 is 14.8 Å². The fraction of sp³-hybridized carbons (Fsp3) is 0.226. The summed E-state index contributed by atoms with van der Waals surface area (Å²) < 4.78 is 10.4. The Bertz CT molecular complexity index is 1440.